The molecule has 0 saturated heterocycles. The number of hydrogen-bond donors (Lipinski definition) is 4. The number of rotatable bonds is 5. The molecule has 7 nitrogen and oxygen atoms in total. The SMILES string of the molecule is CC.Cc1nc(N)ccc1CNC(=O)CNC(=O)CN. The first-order valence-electron chi connectivity index (χ1n) is 6.48. The average Bonchev–Trinajstić information content (AvgIpc) is 2.45. The summed E-state index contributed by atoms with van der Waals surface area (Å²) in [5, 5.41) is 5.04. The molecule has 0 unspecified atom stereocenters. The number of aryl methyl sites for hydroxylation is 1. The summed E-state index contributed by atoms with van der Waals surface area (Å²) in [5.74, 6) is -0.207. The van der Waals surface area contributed by atoms with Crippen LogP contribution in [-0.4, -0.2) is 29.9 Å². The van der Waals surface area contributed by atoms with Crippen LogP contribution in [0.1, 0.15) is 25.1 Å². The highest BCUT2D eigenvalue weighted by Gasteiger charge is 2.05. The van der Waals surface area contributed by atoms with E-state index in [9.17, 15) is 9.59 Å². The summed E-state index contributed by atoms with van der Waals surface area (Å²) in [5.41, 5.74) is 12.3. The van der Waals surface area contributed by atoms with E-state index in [1.165, 1.54) is 0 Å². The maximum atomic E-state index is 11.4. The van der Waals surface area contributed by atoms with Gasteiger partial charge in [0.2, 0.25) is 11.8 Å². The molecule has 0 spiro atoms. The summed E-state index contributed by atoms with van der Waals surface area (Å²) in [6.45, 7) is 5.94. The number of amides is 2. The zero-order valence-corrected chi connectivity index (χ0v) is 12.2. The van der Waals surface area contributed by atoms with Crippen molar-refractivity contribution in [2.24, 2.45) is 5.73 Å². The molecule has 0 fully saturated rings. The number of nitrogens with zero attached hydrogens (tertiary/aromatic N) is 1. The van der Waals surface area contributed by atoms with Crippen molar-refractivity contribution in [3.8, 4) is 0 Å². The molecule has 0 aliphatic heterocycles. The molecule has 6 N–H and O–H groups in total. The van der Waals surface area contributed by atoms with Crippen molar-refractivity contribution in [1.29, 1.82) is 0 Å². The number of hydrogen-bond acceptors (Lipinski definition) is 5. The fourth-order valence-corrected chi connectivity index (χ4v) is 1.30. The Hall–Kier alpha value is -2.15. The lowest BCUT2D eigenvalue weighted by molar-refractivity contribution is -0.125. The predicted molar refractivity (Wildman–Crippen MR) is 78.6 cm³/mol. The molecule has 0 bridgehead atoms. The van der Waals surface area contributed by atoms with Gasteiger partial charge in [0.05, 0.1) is 13.1 Å². The number of nitrogens with one attached hydrogen (secondary N) is 2. The van der Waals surface area contributed by atoms with E-state index in [0.717, 1.165) is 11.3 Å². The van der Waals surface area contributed by atoms with Gasteiger partial charge in [-0.15, -0.1) is 0 Å². The van der Waals surface area contributed by atoms with Crippen LogP contribution >= 0.6 is 0 Å². The van der Waals surface area contributed by atoms with Gasteiger partial charge < -0.3 is 22.1 Å². The Morgan fingerprint density at radius 1 is 1.20 bits per heavy atom. The highest BCUT2D eigenvalue weighted by Crippen LogP contribution is 2.07. The summed E-state index contributed by atoms with van der Waals surface area (Å²) in [6, 6.07) is 3.47. The fourth-order valence-electron chi connectivity index (χ4n) is 1.30. The van der Waals surface area contributed by atoms with Gasteiger partial charge in [-0.2, -0.15) is 0 Å². The molecular formula is C13H23N5O2. The smallest absolute Gasteiger partial charge is 0.239 e. The lowest BCUT2D eigenvalue weighted by atomic mass is 10.2. The van der Waals surface area contributed by atoms with E-state index in [2.05, 4.69) is 15.6 Å². The van der Waals surface area contributed by atoms with E-state index in [1.807, 2.05) is 20.8 Å². The molecule has 2 amide bonds. The Morgan fingerprint density at radius 3 is 2.40 bits per heavy atom. The average molecular weight is 281 g/mol. The Kier molecular flexibility index (Phi) is 8.69. The van der Waals surface area contributed by atoms with Crippen molar-refractivity contribution in [1.82, 2.24) is 15.6 Å². The Balaban J connectivity index is 0.00000172. The number of aromatic nitrogens is 1. The molecule has 0 aromatic carbocycles. The van der Waals surface area contributed by atoms with Crippen molar-refractivity contribution in [3.63, 3.8) is 0 Å². The van der Waals surface area contributed by atoms with Crippen molar-refractivity contribution in [2.75, 3.05) is 18.8 Å². The first kappa shape index (κ1) is 17.8. The van der Waals surface area contributed by atoms with Gasteiger partial charge in [0.15, 0.2) is 0 Å². The van der Waals surface area contributed by atoms with Crippen LogP contribution < -0.4 is 22.1 Å². The van der Waals surface area contributed by atoms with E-state index < -0.39 is 0 Å². The largest absolute Gasteiger partial charge is 0.384 e. The van der Waals surface area contributed by atoms with E-state index in [4.69, 9.17) is 11.5 Å². The third-order valence-corrected chi connectivity index (χ3v) is 2.32. The summed E-state index contributed by atoms with van der Waals surface area (Å²) in [7, 11) is 0. The zero-order valence-electron chi connectivity index (χ0n) is 12.2. The van der Waals surface area contributed by atoms with Crippen LogP contribution in [0.5, 0.6) is 0 Å². The van der Waals surface area contributed by atoms with E-state index >= 15 is 0 Å². The molecular weight excluding hydrogens is 258 g/mol. The minimum Gasteiger partial charge on any atom is -0.384 e. The maximum Gasteiger partial charge on any atom is 0.239 e. The van der Waals surface area contributed by atoms with Gasteiger partial charge >= 0.3 is 0 Å². The molecule has 1 rings (SSSR count). The number of pyridine rings is 1. The van der Waals surface area contributed by atoms with E-state index in [1.54, 1.807) is 12.1 Å². The second kappa shape index (κ2) is 9.74. The van der Waals surface area contributed by atoms with Gasteiger partial charge in [0, 0.05) is 12.2 Å². The summed E-state index contributed by atoms with van der Waals surface area (Å²) < 4.78 is 0. The van der Waals surface area contributed by atoms with E-state index in [0.29, 0.717) is 12.4 Å². The maximum absolute atomic E-state index is 11.4. The number of carbonyl (C=O) groups is 2. The number of nitrogen functional groups attached to an aromatic ring is 1. The molecule has 20 heavy (non-hydrogen) atoms. The zero-order chi connectivity index (χ0) is 15.5. The Labute approximate surface area is 119 Å². The molecule has 0 atom stereocenters. The van der Waals surface area contributed by atoms with Gasteiger partial charge in [-0.3, -0.25) is 9.59 Å². The highest BCUT2D eigenvalue weighted by atomic mass is 16.2. The molecule has 112 valence electrons. The lowest BCUT2D eigenvalue weighted by Crippen LogP contribution is -2.39. The van der Waals surface area contributed by atoms with Crippen LogP contribution in [0, 0.1) is 6.92 Å². The predicted octanol–water partition coefficient (Wildman–Crippen LogP) is -0.310. The molecule has 0 aliphatic carbocycles. The molecule has 1 aromatic heterocycles. The van der Waals surface area contributed by atoms with Crippen molar-refractivity contribution < 1.29 is 9.59 Å². The van der Waals surface area contributed by atoms with Crippen molar-refractivity contribution in [2.45, 2.75) is 27.3 Å². The van der Waals surface area contributed by atoms with Crippen LogP contribution in [-0.2, 0) is 16.1 Å². The van der Waals surface area contributed by atoms with Gasteiger partial charge in [-0.05, 0) is 18.6 Å². The quantitative estimate of drug-likeness (QED) is 0.589. The van der Waals surface area contributed by atoms with Gasteiger partial charge in [0.25, 0.3) is 0 Å². The molecule has 7 heteroatoms. The van der Waals surface area contributed by atoms with Gasteiger partial charge in [0.1, 0.15) is 5.82 Å². The van der Waals surface area contributed by atoms with Crippen LogP contribution in [0.3, 0.4) is 0 Å². The van der Waals surface area contributed by atoms with Crippen LogP contribution in [0.15, 0.2) is 12.1 Å². The lowest BCUT2D eigenvalue weighted by Gasteiger charge is -2.08. The Morgan fingerprint density at radius 2 is 1.85 bits per heavy atom. The fraction of sp³-hybridized carbons (Fsp3) is 0.462. The molecule has 0 saturated carbocycles. The third kappa shape index (κ3) is 6.69. The summed E-state index contributed by atoms with van der Waals surface area (Å²) in [6.07, 6.45) is 0. The van der Waals surface area contributed by atoms with E-state index in [-0.39, 0.29) is 24.9 Å². The molecule has 1 aromatic rings. The summed E-state index contributed by atoms with van der Waals surface area (Å²) >= 11 is 0. The molecule has 0 radical (unpaired) electrons. The van der Waals surface area contributed by atoms with Crippen LogP contribution in [0.4, 0.5) is 5.82 Å². The number of anilines is 1. The first-order valence-corrected chi connectivity index (χ1v) is 6.48. The minimum absolute atomic E-state index is 0.0858. The Bertz CT molecular complexity index is 448. The van der Waals surface area contributed by atoms with Gasteiger partial charge in [-0.25, -0.2) is 4.98 Å². The topological polar surface area (TPSA) is 123 Å². The van der Waals surface area contributed by atoms with Crippen molar-refractivity contribution >= 4 is 17.6 Å². The second-order valence-electron chi connectivity index (χ2n) is 3.74. The minimum atomic E-state index is -0.365. The highest BCUT2D eigenvalue weighted by molar-refractivity contribution is 5.85. The normalized spacial score (nSPS) is 9.20. The number of nitrogens with two attached hydrogens (primary N) is 2. The van der Waals surface area contributed by atoms with Crippen LogP contribution in [0.2, 0.25) is 0 Å². The van der Waals surface area contributed by atoms with Crippen LogP contribution in [0.25, 0.3) is 0 Å². The first-order chi connectivity index (χ1) is 9.52. The molecule has 1 heterocycles. The number of carbonyl (C=O) groups excluding carboxylic acids is 2. The monoisotopic (exact) mass is 281 g/mol. The molecule has 0 aliphatic rings. The van der Waals surface area contributed by atoms with Crippen molar-refractivity contribution in [3.05, 3.63) is 23.4 Å². The summed E-state index contributed by atoms with van der Waals surface area (Å²) in [4.78, 5) is 26.3. The third-order valence-electron chi connectivity index (χ3n) is 2.32. The second-order valence-corrected chi connectivity index (χ2v) is 3.74. The van der Waals surface area contributed by atoms with Gasteiger partial charge in [-0.1, -0.05) is 19.9 Å². The standard InChI is InChI=1S/C11H17N5O2.C2H6/c1-7-8(2-3-9(13)16-7)5-14-11(18)6-15-10(17)4-12;1-2/h2-3H,4-6,12H2,1H3,(H2,13,16)(H,14,18)(H,15,17);1-2H3.